The topological polar surface area (TPSA) is 82.2 Å². The van der Waals surface area contributed by atoms with Gasteiger partial charge in [0.15, 0.2) is 0 Å². The van der Waals surface area contributed by atoms with Crippen molar-refractivity contribution in [2.75, 3.05) is 33.0 Å². The minimum absolute atomic E-state index is 0.0565. The van der Waals surface area contributed by atoms with Crippen molar-refractivity contribution in [2.24, 2.45) is 0 Å². The van der Waals surface area contributed by atoms with Crippen LogP contribution in [0.5, 0.6) is 0 Å². The van der Waals surface area contributed by atoms with Gasteiger partial charge in [-0.05, 0) is 67.4 Å². The third kappa shape index (κ3) is 7.25. The summed E-state index contributed by atoms with van der Waals surface area (Å²) >= 11 is 9.43. The van der Waals surface area contributed by atoms with E-state index >= 15 is 0 Å². The maximum absolute atomic E-state index is 9.68. The molecular weight excluding hydrogens is 456 g/mol. The molecule has 3 N–H and O–H groups in total. The molecule has 7 nitrogen and oxygen atoms in total. The summed E-state index contributed by atoms with van der Waals surface area (Å²) in [6.45, 7) is 0.832. The van der Waals surface area contributed by atoms with E-state index < -0.39 is 0 Å². The molecule has 0 aliphatic carbocycles. The minimum Gasteiger partial charge on any atom is -0.371 e. The number of likely N-dealkylation sites (N-methyl/N-ethyl adjacent to an activating group) is 1. The highest BCUT2D eigenvalue weighted by atomic mass is 79.9. The lowest BCUT2D eigenvalue weighted by Gasteiger charge is -2.16. The molecule has 1 aromatic heterocycles. The van der Waals surface area contributed by atoms with Crippen LogP contribution in [0.1, 0.15) is 0 Å². The van der Waals surface area contributed by atoms with Gasteiger partial charge in [-0.25, -0.2) is 9.97 Å². The SMILES string of the molecule is CN(C)C/C=C/C=O.CNC1C=c2c(Nc3ccc(Cl)c(Br)c3)ncnc2=CN1. The Labute approximate surface area is 183 Å². The van der Waals surface area contributed by atoms with E-state index in [1.54, 1.807) is 0 Å². The number of aldehydes is 1. The number of carbonyl (C=O) groups excluding carboxylic acids is 1. The second-order valence-electron chi connectivity index (χ2n) is 6.35. The first-order valence-electron chi connectivity index (χ1n) is 8.88. The second-order valence-corrected chi connectivity index (χ2v) is 7.61. The lowest BCUT2D eigenvalue weighted by Crippen LogP contribution is -2.46. The van der Waals surface area contributed by atoms with Crippen LogP contribution in [0.25, 0.3) is 12.3 Å². The van der Waals surface area contributed by atoms with Crippen LogP contribution >= 0.6 is 27.5 Å². The Morgan fingerprint density at radius 2 is 2.14 bits per heavy atom. The molecule has 0 amide bonds. The van der Waals surface area contributed by atoms with Crippen LogP contribution in [0.2, 0.25) is 5.02 Å². The average molecular weight is 480 g/mol. The van der Waals surface area contributed by atoms with Gasteiger partial charge >= 0.3 is 0 Å². The Morgan fingerprint density at radius 1 is 1.34 bits per heavy atom. The molecule has 1 aliphatic heterocycles. The number of hydrogen-bond acceptors (Lipinski definition) is 7. The maximum atomic E-state index is 9.68. The molecule has 0 radical (unpaired) electrons. The number of benzene rings is 1. The quantitative estimate of drug-likeness (QED) is 0.429. The summed E-state index contributed by atoms with van der Waals surface area (Å²) in [5.41, 5.74) is 0.903. The number of rotatable bonds is 6. The highest BCUT2D eigenvalue weighted by molar-refractivity contribution is 9.10. The molecule has 9 heteroatoms. The summed E-state index contributed by atoms with van der Waals surface area (Å²) in [7, 11) is 5.80. The van der Waals surface area contributed by atoms with E-state index in [0.29, 0.717) is 5.02 Å². The third-order valence-corrected chi connectivity index (χ3v) is 5.04. The highest BCUT2D eigenvalue weighted by Crippen LogP contribution is 2.26. The molecule has 3 rings (SSSR count). The van der Waals surface area contributed by atoms with E-state index in [-0.39, 0.29) is 6.17 Å². The molecular formula is C20H24BrClN6O. The van der Waals surface area contributed by atoms with Crippen molar-refractivity contribution in [3.8, 4) is 0 Å². The normalized spacial score (nSPS) is 14.8. The van der Waals surface area contributed by atoms with Crippen LogP contribution in [0.4, 0.5) is 11.5 Å². The van der Waals surface area contributed by atoms with Gasteiger partial charge in [0.05, 0.1) is 16.5 Å². The van der Waals surface area contributed by atoms with Crippen molar-refractivity contribution in [3.63, 3.8) is 0 Å². The van der Waals surface area contributed by atoms with Gasteiger partial charge < -0.3 is 15.5 Å². The van der Waals surface area contributed by atoms with E-state index in [1.807, 2.05) is 62.6 Å². The van der Waals surface area contributed by atoms with Crippen molar-refractivity contribution in [1.82, 2.24) is 25.5 Å². The van der Waals surface area contributed by atoms with E-state index in [2.05, 4.69) is 41.8 Å². The molecule has 2 heterocycles. The smallest absolute Gasteiger partial charge is 0.142 e. The number of nitrogens with one attached hydrogen (secondary N) is 3. The van der Waals surface area contributed by atoms with Gasteiger partial charge in [0.25, 0.3) is 0 Å². The van der Waals surface area contributed by atoms with Gasteiger partial charge in [-0.2, -0.15) is 0 Å². The molecule has 1 aromatic carbocycles. The summed E-state index contributed by atoms with van der Waals surface area (Å²) < 4.78 is 0.836. The highest BCUT2D eigenvalue weighted by Gasteiger charge is 2.09. The summed E-state index contributed by atoms with van der Waals surface area (Å²) in [4.78, 5) is 20.3. The van der Waals surface area contributed by atoms with Gasteiger partial charge in [-0.15, -0.1) is 0 Å². The Balaban J connectivity index is 0.000000321. The Bertz CT molecular complexity index is 979. The predicted molar refractivity (Wildman–Crippen MR) is 122 cm³/mol. The number of allylic oxidation sites excluding steroid dienone is 1. The summed E-state index contributed by atoms with van der Waals surface area (Å²) in [5.74, 6) is 0.757. The molecule has 1 aliphatic rings. The molecule has 0 spiro atoms. The van der Waals surface area contributed by atoms with Gasteiger partial charge in [0, 0.05) is 28.1 Å². The lowest BCUT2D eigenvalue weighted by atomic mass is 10.2. The van der Waals surface area contributed by atoms with Crippen LogP contribution in [-0.2, 0) is 4.79 Å². The summed E-state index contributed by atoms with van der Waals surface area (Å²) in [5, 5.41) is 12.1. The monoisotopic (exact) mass is 478 g/mol. The summed E-state index contributed by atoms with van der Waals surface area (Å²) in [6, 6.07) is 5.65. The fourth-order valence-electron chi connectivity index (χ4n) is 2.38. The van der Waals surface area contributed by atoms with Crippen LogP contribution < -0.4 is 26.5 Å². The minimum atomic E-state index is 0.0565. The number of halogens is 2. The Kier molecular flexibility index (Phi) is 9.27. The van der Waals surface area contributed by atoms with Gasteiger partial charge in [0.1, 0.15) is 18.4 Å². The fourth-order valence-corrected chi connectivity index (χ4v) is 2.87. The molecule has 1 unspecified atom stereocenters. The van der Waals surface area contributed by atoms with Crippen LogP contribution in [0, 0.1) is 0 Å². The number of aromatic nitrogens is 2. The molecule has 2 aromatic rings. The van der Waals surface area contributed by atoms with Gasteiger partial charge in [0.2, 0.25) is 0 Å². The standard InChI is InChI=1S/C14H13BrClN5.C6H11NO/c1-17-13-5-9-12(6-18-13)19-7-20-14(9)21-8-2-3-11(16)10(15)4-8;1-7(2)5-3-4-6-8/h2-7,13,17-18H,1H3,(H,19,20,21);3-4,6H,5H2,1-2H3/b;4-3+. The molecule has 1 atom stereocenters. The predicted octanol–water partition coefficient (Wildman–Crippen LogP) is 1.61. The zero-order valence-electron chi connectivity index (χ0n) is 16.5. The van der Waals surface area contributed by atoms with E-state index in [0.717, 1.165) is 39.4 Å². The van der Waals surface area contributed by atoms with Crippen LogP contribution in [0.3, 0.4) is 0 Å². The number of anilines is 2. The zero-order valence-corrected chi connectivity index (χ0v) is 18.8. The Morgan fingerprint density at radius 3 is 2.79 bits per heavy atom. The van der Waals surface area contributed by atoms with E-state index in [9.17, 15) is 4.79 Å². The number of hydrogen-bond donors (Lipinski definition) is 3. The summed E-state index contributed by atoms with van der Waals surface area (Å²) in [6.07, 6.45) is 9.61. The third-order valence-electron chi connectivity index (χ3n) is 3.83. The zero-order chi connectivity index (χ0) is 21.2. The first kappa shape index (κ1) is 23.0. The van der Waals surface area contributed by atoms with Crippen LogP contribution in [-0.4, -0.2) is 55.0 Å². The first-order valence-corrected chi connectivity index (χ1v) is 10.0. The largest absolute Gasteiger partial charge is 0.371 e. The lowest BCUT2D eigenvalue weighted by molar-refractivity contribution is -0.104. The molecule has 0 saturated carbocycles. The second kappa shape index (κ2) is 11.7. The number of nitrogens with zero attached hydrogens (tertiary/aromatic N) is 3. The first-order chi connectivity index (χ1) is 13.9. The molecule has 29 heavy (non-hydrogen) atoms. The molecule has 0 fully saturated rings. The Hall–Kier alpha value is -2.26. The molecule has 154 valence electrons. The van der Waals surface area contributed by atoms with Crippen LogP contribution in [0.15, 0.2) is 41.2 Å². The van der Waals surface area contributed by atoms with E-state index in [1.165, 1.54) is 12.4 Å². The van der Waals surface area contributed by atoms with E-state index in [4.69, 9.17) is 11.6 Å². The van der Waals surface area contributed by atoms with Crippen molar-refractivity contribution >= 4 is 57.6 Å². The van der Waals surface area contributed by atoms with Crippen molar-refractivity contribution in [1.29, 1.82) is 0 Å². The molecule has 0 saturated heterocycles. The maximum Gasteiger partial charge on any atom is 0.142 e. The van der Waals surface area contributed by atoms with Gasteiger partial charge in [-0.1, -0.05) is 17.7 Å². The number of fused-ring (bicyclic) bond motifs is 1. The van der Waals surface area contributed by atoms with Gasteiger partial charge in [-0.3, -0.25) is 10.1 Å². The molecule has 0 bridgehead atoms. The van der Waals surface area contributed by atoms with Crippen molar-refractivity contribution in [3.05, 3.63) is 56.7 Å². The van der Waals surface area contributed by atoms with Crippen molar-refractivity contribution in [2.45, 2.75) is 6.17 Å². The van der Waals surface area contributed by atoms with Crippen molar-refractivity contribution < 1.29 is 4.79 Å². The number of carbonyl (C=O) groups is 1. The fraction of sp³-hybridized carbons (Fsp3) is 0.250. The average Bonchev–Trinajstić information content (AvgIpc) is 2.71.